The van der Waals surface area contributed by atoms with Crippen LogP contribution in [-0.2, 0) is 12.8 Å². The Hall–Kier alpha value is -2.28. The van der Waals surface area contributed by atoms with Crippen molar-refractivity contribution in [2.24, 2.45) is 4.99 Å². The SMILES string of the molecule is CCNC(=NCCc1ncc(CC)s1)NC(C)c1cc(OC)ccc1OC. The third-order valence-corrected chi connectivity index (χ3v) is 5.35. The molecule has 1 heterocycles. The summed E-state index contributed by atoms with van der Waals surface area (Å²) < 4.78 is 10.8. The van der Waals surface area contributed by atoms with Gasteiger partial charge in [0.1, 0.15) is 11.5 Å². The van der Waals surface area contributed by atoms with Crippen molar-refractivity contribution in [1.82, 2.24) is 15.6 Å². The number of methoxy groups -OCH3 is 2. The zero-order valence-corrected chi connectivity index (χ0v) is 17.7. The molecule has 0 saturated carbocycles. The molecule has 2 N–H and O–H groups in total. The molecular weight excluding hydrogens is 360 g/mol. The smallest absolute Gasteiger partial charge is 0.191 e. The van der Waals surface area contributed by atoms with E-state index in [1.807, 2.05) is 24.4 Å². The second kappa shape index (κ2) is 10.8. The molecule has 2 rings (SSSR count). The highest BCUT2D eigenvalue weighted by molar-refractivity contribution is 7.11. The van der Waals surface area contributed by atoms with E-state index in [1.165, 1.54) is 4.88 Å². The Labute approximate surface area is 166 Å². The number of aliphatic imine (C=N–C) groups is 1. The van der Waals surface area contributed by atoms with Gasteiger partial charge in [-0.3, -0.25) is 4.99 Å². The van der Waals surface area contributed by atoms with E-state index in [-0.39, 0.29) is 6.04 Å². The van der Waals surface area contributed by atoms with Gasteiger partial charge in [0.25, 0.3) is 0 Å². The molecular formula is C20H30N4O2S. The summed E-state index contributed by atoms with van der Waals surface area (Å²) in [5.74, 6) is 2.40. The van der Waals surface area contributed by atoms with Gasteiger partial charge in [-0.2, -0.15) is 0 Å². The highest BCUT2D eigenvalue weighted by atomic mass is 32.1. The summed E-state index contributed by atoms with van der Waals surface area (Å²) in [5.41, 5.74) is 1.02. The van der Waals surface area contributed by atoms with Crippen molar-refractivity contribution in [3.05, 3.63) is 39.8 Å². The van der Waals surface area contributed by atoms with Crippen LogP contribution in [0.1, 0.15) is 42.3 Å². The molecule has 27 heavy (non-hydrogen) atoms. The molecule has 0 spiro atoms. The minimum absolute atomic E-state index is 0.0133. The first-order chi connectivity index (χ1) is 13.1. The van der Waals surface area contributed by atoms with E-state index in [2.05, 4.69) is 36.4 Å². The summed E-state index contributed by atoms with van der Waals surface area (Å²) in [5, 5.41) is 7.88. The van der Waals surface area contributed by atoms with E-state index < -0.39 is 0 Å². The minimum Gasteiger partial charge on any atom is -0.497 e. The number of hydrogen-bond donors (Lipinski definition) is 2. The van der Waals surface area contributed by atoms with Crippen molar-refractivity contribution in [3.63, 3.8) is 0 Å². The number of benzene rings is 1. The van der Waals surface area contributed by atoms with Gasteiger partial charge in [-0.15, -0.1) is 11.3 Å². The van der Waals surface area contributed by atoms with Crippen LogP contribution in [0.25, 0.3) is 0 Å². The van der Waals surface area contributed by atoms with Gasteiger partial charge in [0, 0.05) is 36.1 Å². The monoisotopic (exact) mass is 390 g/mol. The summed E-state index contributed by atoms with van der Waals surface area (Å²) in [6.07, 6.45) is 3.84. The van der Waals surface area contributed by atoms with Gasteiger partial charge < -0.3 is 20.1 Å². The highest BCUT2D eigenvalue weighted by Gasteiger charge is 2.14. The molecule has 0 bridgehead atoms. The van der Waals surface area contributed by atoms with E-state index in [0.717, 1.165) is 47.4 Å². The molecule has 1 atom stereocenters. The van der Waals surface area contributed by atoms with Gasteiger partial charge in [-0.05, 0) is 38.5 Å². The van der Waals surface area contributed by atoms with Crippen LogP contribution >= 0.6 is 11.3 Å². The van der Waals surface area contributed by atoms with Gasteiger partial charge in [0.2, 0.25) is 0 Å². The number of ether oxygens (including phenoxy) is 2. The topological polar surface area (TPSA) is 67.8 Å². The number of aryl methyl sites for hydroxylation is 1. The van der Waals surface area contributed by atoms with Crippen molar-refractivity contribution in [3.8, 4) is 11.5 Å². The van der Waals surface area contributed by atoms with Gasteiger partial charge in [-0.25, -0.2) is 4.98 Å². The zero-order valence-electron chi connectivity index (χ0n) is 16.8. The lowest BCUT2D eigenvalue weighted by Crippen LogP contribution is -2.39. The Bertz CT molecular complexity index is 745. The van der Waals surface area contributed by atoms with Crippen molar-refractivity contribution >= 4 is 17.3 Å². The van der Waals surface area contributed by atoms with Gasteiger partial charge in [0.05, 0.1) is 25.3 Å². The summed E-state index contributed by atoms with van der Waals surface area (Å²) in [7, 11) is 3.34. The molecule has 0 aliphatic heterocycles. The zero-order chi connectivity index (χ0) is 19.6. The fraction of sp³-hybridized carbons (Fsp3) is 0.500. The largest absolute Gasteiger partial charge is 0.497 e. The van der Waals surface area contributed by atoms with E-state index in [4.69, 9.17) is 14.5 Å². The normalized spacial score (nSPS) is 12.6. The fourth-order valence-electron chi connectivity index (χ4n) is 2.67. The Morgan fingerprint density at radius 2 is 2.07 bits per heavy atom. The van der Waals surface area contributed by atoms with Gasteiger partial charge in [0.15, 0.2) is 5.96 Å². The first-order valence-electron chi connectivity index (χ1n) is 9.31. The molecule has 0 amide bonds. The molecule has 1 aromatic heterocycles. The summed E-state index contributed by atoms with van der Waals surface area (Å²) >= 11 is 1.77. The van der Waals surface area contributed by atoms with Crippen LogP contribution in [0.2, 0.25) is 0 Å². The second-order valence-corrected chi connectivity index (χ2v) is 7.26. The van der Waals surface area contributed by atoms with Crippen molar-refractivity contribution in [1.29, 1.82) is 0 Å². The number of thiazole rings is 1. The molecule has 7 heteroatoms. The van der Waals surface area contributed by atoms with Gasteiger partial charge >= 0.3 is 0 Å². The maximum absolute atomic E-state index is 5.50. The first kappa shape index (κ1) is 21.0. The predicted molar refractivity (Wildman–Crippen MR) is 112 cm³/mol. The van der Waals surface area contributed by atoms with Gasteiger partial charge in [-0.1, -0.05) is 6.92 Å². The molecule has 6 nitrogen and oxygen atoms in total. The molecule has 1 aromatic carbocycles. The van der Waals surface area contributed by atoms with Crippen LogP contribution in [0.15, 0.2) is 29.4 Å². The third kappa shape index (κ3) is 6.13. The quantitative estimate of drug-likeness (QED) is 0.506. The van der Waals surface area contributed by atoms with E-state index in [0.29, 0.717) is 6.54 Å². The Morgan fingerprint density at radius 3 is 2.70 bits per heavy atom. The number of nitrogens with zero attached hydrogens (tertiary/aromatic N) is 2. The molecule has 148 valence electrons. The molecule has 0 radical (unpaired) electrons. The Kier molecular flexibility index (Phi) is 8.39. The maximum Gasteiger partial charge on any atom is 0.191 e. The van der Waals surface area contributed by atoms with Crippen molar-refractivity contribution < 1.29 is 9.47 Å². The number of nitrogens with one attached hydrogen (secondary N) is 2. The number of hydrogen-bond acceptors (Lipinski definition) is 5. The second-order valence-electron chi connectivity index (χ2n) is 6.06. The van der Waals surface area contributed by atoms with Crippen molar-refractivity contribution in [2.45, 2.75) is 39.7 Å². The summed E-state index contributed by atoms with van der Waals surface area (Å²) in [4.78, 5) is 10.5. The van der Waals surface area contributed by atoms with Crippen LogP contribution in [0.4, 0.5) is 0 Å². The van der Waals surface area contributed by atoms with Crippen LogP contribution < -0.4 is 20.1 Å². The molecule has 0 aliphatic carbocycles. The number of guanidine groups is 1. The lowest BCUT2D eigenvalue weighted by atomic mass is 10.1. The van der Waals surface area contributed by atoms with Crippen LogP contribution in [0.5, 0.6) is 11.5 Å². The standard InChI is InChI=1S/C20H30N4O2S/c1-6-16-13-23-19(27-16)10-11-22-20(21-7-2)24-14(3)17-12-15(25-4)8-9-18(17)26-5/h8-9,12-14H,6-7,10-11H2,1-5H3,(H2,21,22,24). The average molecular weight is 391 g/mol. The Morgan fingerprint density at radius 1 is 1.26 bits per heavy atom. The summed E-state index contributed by atoms with van der Waals surface area (Å²) in [6, 6.07) is 5.82. The van der Waals surface area contributed by atoms with Crippen LogP contribution in [-0.4, -0.2) is 38.3 Å². The fourth-order valence-corrected chi connectivity index (χ4v) is 3.52. The highest BCUT2D eigenvalue weighted by Crippen LogP contribution is 2.29. The lowest BCUT2D eigenvalue weighted by molar-refractivity contribution is 0.394. The van der Waals surface area contributed by atoms with E-state index >= 15 is 0 Å². The molecule has 1 unspecified atom stereocenters. The van der Waals surface area contributed by atoms with E-state index in [1.54, 1.807) is 25.6 Å². The summed E-state index contributed by atoms with van der Waals surface area (Å²) in [6.45, 7) is 7.77. The Balaban J connectivity index is 2.05. The third-order valence-electron chi connectivity index (χ3n) is 4.15. The molecule has 0 saturated heterocycles. The van der Waals surface area contributed by atoms with E-state index in [9.17, 15) is 0 Å². The first-order valence-corrected chi connectivity index (χ1v) is 10.1. The molecule has 0 aliphatic rings. The number of aromatic nitrogens is 1. The average Bonchev–Trinajstić information content (AvgIpc) is 3.15. The minimum atomic E-state index is 0.0133. The van der Waals surface area contributed by atoms with Crippen molar-refractivity contribution in [2.75, 3.05) is 27.3 Å². The lowest BCUT2D eigenvalue weighted by Gasteiger charge is -2.20. The number of rotatable bonds is 9. The van der Waals surface area contributed by atoms with Crippen LogP contribution in [0, 0.1) is 0 Å². The van der Waals surface area contributed by atoms with Crippen LogP contribution in [0.3, 0.4) is 0 Å². The predicted octanol–water partition coefficient (Wildman–Crippen LogP) is 3.58. The molecule has 2 aromatic rings. The maximum atomic E-state index is 5.50. The molecule has 0 fully saturated rings.